The maximum Gasteiger partial charge on any atom is 0.340 e. The number of amides is 1. The van der Waals surface area contributed by atoms with Gasteiger partial charge in [-0.05, 0) is 22.0 Å². The fraction of sp³-hybridized carbons (Fsp3) is 0.417. The van der Waals surface area contributed by atoms with Crippen molar-refractivity contribution < 1.29 is 22.7 Å². The predicted molar refractivity (Wildman–Crippen MR) is 81.7 cm³/mol. The predicted octanol–water partition coefficient (Wildman–Crippen LogP) is 0.272. The molecule has 8 nitrogen and oxygen atoms in total. The fourth-order valence-electron chi connectivity index (χ4n) is 2.37. The molecule has 120 valence electrons. The molecule has 1 aromatic rings. The van der Waals surface area contributed by atoms with Crippen molar-refractivity contribution in [1.29, 1.82) is 0 Å². The van der Waals surface area contributed by atoms with Crippen LogP contribution in [0.2, 0.25) is 0 Å². The summed E-state index contributed by atoms with van der Waals surface area (Å²) >= 11 is 3.15. The van der Waals surface area contributed by atoms with Gasteiger partial charge in [-0.15, -0.1) is 0 Å². The number of anilines is 1. The molecule has 1 atom stereocenters. The van der Waals surface area contributed by atoms with Gasteiger partial charge in [0.25, 0.3) is 0 Å². The van der Waals surface area contributed by atoms with Crippen molar-refractivity contribution in [2.45, 2.75) is 6.42 Å². The Morgan fingerprint density at radius 1 is 1.59 bits per heavy atom. The van der Waals surface area contributed by atoms with E-state index in [9.17, 15) is 18.0 Å². The van der Waals surface area contributed by atoms with Gasteiger partial charge in [0.15, 0.2) is 0 Å². The number of nitrogens with zero attached hydrogens (tertiary/aromatic N) is 2. The maximum atomic E-state index is 12.1. The molecule has 1 fully saturated rings. The van der Waals surface area contributed by atoms with Crippen LogP contribution in [0.5, 0.6) is 0 Å². The second-order valence-corrected chi connectivity index (χ2v) is 7.39. The van der Waals surface area contributed by atoms with Crippen molar-refractivity contribution in [1.82, 2.24) is 4.98 Å². The lowest BCUT2D eigenvalue weighted by atomic mass is 10.1. The maximum absolute atomic E-state index is 12.1. The number of hydrogen-bond acceptors (Lipinski definition) is 6. The van der Waals surface area contributed by atoms with Crippen molar-refractivity contribution in [3.05, 3.63) is 22.4 Å². The number of aromatic nitrogens is 1. The van der Waals surface area contributed by atoms with Crippen LogP contribution in [-0.2, 0) is 19.6 Å². The standard InChI is InChI=1S/C12H14BrN3O5S/c1-21-12(18)8-3-10(13)15-4-9(8)16-5-7(2-11(16)17)6-22(14,19)20/h3-4,7H,2,5-6H2,1H3,(H2,14,19,20). The number of pyridine rings is 1. The van der Waals surface area contributed by atoms with Crippen LogP contribution in [0, 0.1) is 5.92 Å². The van der Waals surface area contributed by atoms with Gasteiger partial charge in [-0.2, -0.15) is 0 Å². The normalized spacial score (nSPS) is 18.6. The summed E-state index contributed by atoms with van der Waals surface area (Å²) in [5.74, 6) is -1.60. The molecule has 1 unspecified atom stereocenters. The van der Waals surface area contributed by atoms with Crippen molar-refractivity contribution in [2.75, 3.05) is 24.3 Å². The van der Waals surface area contributed by atoms with E-state index in [1.54, 1.807) is 0 Å². The second kappa shape index (κ2) is 6.31. The number of esters is 1. The van der Waals surface area contributed by atoms with Gasteiger partial charge in [0, 0.05) is 18.9 Å². The van der Waals surface area contributed by atoms with E-state index in [1.165, 1.54) is 24.3 Å². The number of primary sulfonamides is 1. The van der Waals surface area contributed by atoms with Gasteiger partial charge in [-0.1, -0.05) is 0 Å². The molecule has 1 aliphatic rings. The first-order valence-corrected chi connectivity index (χ1v) is 8.77. The number of hydrogen-bond donors (Lipinski definition) is 1. The SMILES string of the molecule is COC(=O)c1cc(Br)ncc1N1CC(CS(N)(=O)=O)CC1=O. The molecular weight excluding hydrogens is 378 g/mol. The number of sulfonamides is 1. The lowest BCUT2D eigenvalue weighted by Crippen LogP contribution is -2.29. The van der Waals surface area contributed by atoms with Gasteiger partial charge >= 0.3 is 5.97 Å². The molecule has 2 rings (SSSR count). The van der Waals surface area contributed by atoms with Gasteiger partial charge in [0.2, 0.25) is 15.9 Å². The largest absolute Gasteiger partial charge is 0.465 e. The molecule has 1 saturated heterocycles. The van der Waals surface area contributed by atoms with Crippen LogP contribution in [0.3, 0.4) is 0 Å². The highest BCUT2D eigenvalue weighted by molar-refractivity contribution is 9.10. The third-order valence-electron chi connectivity index (χ3n) is 3.22. The van der Waals surface area contributed by atoms with Crippen molar-refractivity contribution >= 4 is 43.5 Å². The molecule has 1 aliphatic heterocycles. The van der Waals surface area contributed by atoms with Crippen molar-refractivity contribution in [3.8, 4) is 0 Å². The van der Waals surface area contributed by atoms with E-state index in [-0.39, 0.29) is 35.9 Å². The van der Waals surface area contributed by atoms with Gasteiger partial charge in [-0.25, -0.2) is 23.3 Å². The number of methoxy groups -OCH3 is 1. The van der Waals surface area contributed by atoms with Gasteiger partial charge in [0.1, 0.15) is 4.60 Å². The summed E-state index contributed by atoms with van der Waals surface area (Å²) in [5.41, 5.74) is 0.464. The Morgan fingerprint density at radius 2 is 2.27 bits per heavy atom. The van der Waals surface area contributed by atoms with E-state index in [2.05, 4.69) is 20.9 Å². The first-order valence-electron chi connectivity index (χ1n) is 6.26. The molecule has 1 amide bonds. The van der Waals surface area contributed by atoms with Crippen LogP contribution < -0.4 is 10.0 Å². The highest BCUT2D eigenvalue weighted by Crippen LogP contribution is 2.29. The van der Waals surface area contributed by atoms with E-state index in [0.717, 1.165) is 0 Å². The zero-order chi connectivity index (χ0) is 16.5. The van der Waals surface area contributed by atoms with Crippen LogP contribution in [0.1, 0.15) is 16.8 Å². The number of carbonyl (C=O) groups excluding carboxylic acids is 2. The summed E-state index contributed by atoms with van der Waals surface area (Å²) < 4.78 is 27.4. The smallest absolute Gasteiger partial charge is 0.340 e. The van der Waals surface area contributed by atoms with Gasteiger partial charge < -0.3 is 9.64 Å². The third kappa shape index (κ3) is 3.81. The number of carbonyl (C=O) groups is 2. The van der Waals surface area contributed by atoms with E-state index in [1.807, 2.05) is 0 Å². The Morgan fingerprint density at radius 3 is 2.86 bits per heavy atom. The fourth-order valence-corrected chi connectivity index (χ4v) is 3.58. The van der Waals surface area contributed by atoms with Crippen molar-refractivity contribution in [3.63, 3.8) is 0 Å². The number of halogens is 1. The topological polar surface area (TPSA) is 120 Å². The van der Waals surface area contributed by atoms with Crippen molar-refractivity contribution in [2.24, 2.45) is 11.1 Å². The molecule has 22 heavy (non-hydrogen) atoms. The van der Waals surface area contributed by atoms with Crippen LogP contribution in [0.15, 0.2) is 16.9 Å². The minimum Gasteiger partial charge on any atom is -0.465 e. The van der Waals surface area contributed by atoms with Crippen LogP contribution >= 0.6 is 15.9 Å². The highest BCUT2D eigenvalue weighted by atomic mass is 79.9. The summed E-state index contributed by atoms with van der Waals surface area (Å²) in [6.45, 7) is 0.155. The van der Waals surface area contributed by atoms with E-state index in [0.29, 0.717) is 4.60 Å². The van der Waals surface area contributed by atoms with Gasteiger partial charge in [0.05, 0.1) is 30.3 Å². The third-order valence-corrected chi connectivity index (χ3v) is 4.59. The minimum atomic E-state index is -3.67. The lowest BCUT2D eigenvalue weighted by Gasteiger charge is -2.19. The summed E-state index contributed by atoms with van der Waals surface area (Å²) in [7, 11) is -2.44. The van der Waals surface area contributed by atoms with E-state index >= 15 is 0 Å². The molecule has 0 aromatic carbocycles. The Bertz CT molecular complexity index is 721. The molecule has 1 aromatic heterocycles. The summed E-state index contributed by atoms with van der Waals surface area (Å²) in [4.78, 5) is 29.3. The molecular formula is C12H14BrN3O5S. The molecule has 0 bridgehead atoms. The second-order valence-electron chi connectivity index (χ2n) is 4.92. The van der Waals surface area contributed by atoms with Crippen LogP contribution in [0.4, 0.5) is 5.69 Å². The molecule has 2 heterocycles. The lowest BCUT2D eigenvalue weighted by molar-refractivity contribution is -0.117. The first kappa shape index (κ1) is 16.8. The molecule has 0 radical (unpaired) electrons. The minimum absolute atomic E-state index is 0.0487. The monoisotopic (exact) mass is 391 g/mol. The first-order chi connectivity index (χ1) is 10.2. The Labute approximate surface area is 135 Å². The van der Waals surface area contributed by atoms with Crippen LogP contribution in [0.25, 0.3) is 0 Å². The molecule has 2 N–H and O–H groups in total. The zero-order valence-electron chi connectivity index (χ0n) is 11.7. The number of nitrogens with two attached hydrogens (primary N) is 1. The van der Waals surface area contributed by atoms with Crippen LogP contribution in [-0.4, -0.2) is 44.7 Å². The molecule has 0 spiro atoms. The highest BCUT2D eigenvalue weighted by Gasteiger charge is 2.35. The average molecular weight is 392 g/mol. The average Bonchev–Trinajstić information content (AvgIpc) is 2.76. The Kier molecular flexibility index (Phi) is 4.83. The summed E-state index contributed by atoms with van der Waals surface area (Å²) in [6.07, 6.45) is 1.42. The molecule has 0 aliphatic carbocycles. The molecule has 0 saturated carbocycles. The Hall–Kier alpha value is -1.52. The van der Waals surface area contributed by atoms with Gasteiger partial charge in [-0.3, -0.25) is 4.79 Å². The molecule has 10 heteroatoms. The Balaban J connectivity index is 2.32. The number of ether oxygens (including phenoxy) is 1. The summed E-state index contributed by atoms with van der Waals surface area (Å²) in [5, 5.41) is 5.01. The summed E-state index contributed by atoms with van der Waals surface area (Å²) in [6, 6.07) is 1.45. The van der Waals surface area contributed by atoms with E-state index in [4.69, 9.17) is 9.88 Å². The van der Waals surface area contributed by atoms with E-state index < -0.39 is 21.9 Å². The number of rotatable bonds is 4. The zero-order valence-corrected chi connectivity index (χ0v) is 14.1. The quantitative estimate of drug-likeness (QED) is 0.580.